The van der Waals surface area contributed by atoms with Crippen LogP contribution in [0.2, 0.25) is 0 Å². The molecule has 1 aliphatic heterocycles. The first kappa shape index (κ1) is 36.8. The zero-order valence-electron chi connectivity index (χ0n) is 35.1. The molecule has 0 amide bonds. The Labute approximate surface area is 374 Å². The number of nitrogens with zero attached hydrogens (tertiary/aromatic N) is 2. The van der Waals surface area contributed by atoms with Crippen molar-refractivity contribution in [2.24, 2.45) is 0 Å². The van der Waals surface area contributed by atoms with E-state index in [1.54, 1.807) is 0 Å². The van der Waals surface area contributed by atoms with Gasteiger partial charge in [-0.1, -0.05) is 206 Å². The Balaban J connectivity index is 1.09. The normalized spacial score (nSPS) is 13.9. The molecule has 0 N–H and O–H groups in total. The molecule has 12 aromatic rings. The van der Waals surface area contributed by atoms with Gasteiger partial charge >= 0.3 is 0 Å². The van der Waals surface area contributed by atoms with Crippen LogP contribution in [0.3, 0.4) is 0 Å². The highest BCUT2D eigenvalue weighted by molar-refractivity contribution is 7.32. The van der Waals surface area contributed by atoms with Crippen LogP contribution in [0, 0.1) is 0 Å². The van der Waals surface area contributed by atoms with Crippen LogP contribution < -0.4 is 41.5 Å². The maximum atomic E-state index is 2.54. The van der Waals surface area contributed by atoms with E-state index in [1.807, 2.05) is 0 Å². The number of para-hydroxylation sites is 3. The minimum Gasteiger partial charge on any atom is -0.309 e. The first-order valence-electron chi connectivity index (χ1n) is 22.3. The second-order valence-electron chi connectivity index (χ2n) is 17.2. The fourth-order valence-corrected chi connectivity index (χ4v) is 23.8. The van der Waals surface area contributed by atoms with E-state index in [1.165, 1.54) is 90.8 Å². The molecule has 2 nitrogen and oxygen atoms in total. The second-order valence-corrected chi connectivity index (χ2v) is 24.6. The average Bonchev–Trinajstić information content (AvgIpc) is 3.89. The number of aromatic nitrogens is 2. The third kappa shape index (κ3) is 5.06. The van der Waals surface area contributed by atoms with Crippen LogP contribution in [0.5, 0.6) is 0 Å². The fourth-order valence-electron chi connectivity index (χ4n) is 11.7. The van der Waals surface area contributed by atoms with Crippen molar-refractivity contribution in [2.75, 3.05) is 0 Å². The molecule has 0 bridgehead atoms. The van der Waals surface area contributed by atoms with E-state index in [4.69, 9.17) is 0 Å². The largest absolute Gasteiger partial charge is 0.309 e. The predicted molar refractivity (Wildman–Crippen MR) is 276 cm³/mol. The van der Waals surface area contributed by atoms with Crippen molar-refractivity contribution in [3.63, 3.8) is 0 Å². The van der Waals surface area contributed by atoms with E-state index in [2.05, 4.69) is 264 Å². The Hall–Kier alpha value is -7.77. The number of hydrogen-bond donors (Lipinski definition) is 0. The summed E-state index contributed by atoms with van der Waals surface area (Å²) in [7, 11) is -5.79. The summed E-state index contributed by atoms with van der Waals surface area (Å²) in [6.45, 7) is 0. The minimum atomic E-state index is -2.99. The molecule has 0 saturated heterocycles. The van der Waals surface area contributed by atoms with Crippen LogP contribution in [0.1, 0.15) is 0 Å². The molecule has 10 aromatic carbocycles. The molecule has 0 unspecified atom stereocenters. The molecule has 0 atom stereocenters. The lowest BCUT2D eigenvalue weighted by Gasteiger charge is -2.48. The van der Waals surface area contributed by atoms with Crippen LogP contribution in [-0.4, -0.2) is 25.3 Å². The summed E-state index contributed by atoms with van der Waals surface area (Å²) < 4.78 is 4.93. The SMILES string of the molecule is c1ccc([Si]2(c3ccccc3)c3ccccc3[Si](c3ccccc3)(c3cccc(-n4c5ccccc5c5cc(-n6c7ccccc7c7ccccc76)ccc54)c3)c3ccccc32)cc1. The molecule has 64 heavy (non-hydrogen) atoms. The second kappa shape index (κ2) is 14.4. The first-order valence-corrected chi connectivity index (χ1v) is 26.3. The fraction of sp³-hybridized carbons (Fsp3) is 0. The van der Waals surface area contributed by atoms with E-state index in [9.17, 15) is 0 Å². The summed E-state index contributed by atoms with van der Waals surface area (Å²) in [4.78, 5) is 0. The van der Waals surface area contributed by atoms with E-state index in [0.717, 1.165) is 5.69 Å². The van der Waals surface area contributed by atoms with E-state index in [0.29, 0.717) is 0 Å². The molecule has 300 valence electrons. The molecular formula is C60H42N2Si2. The Bertz CT molecular complexity index is 3600. The van der Waals surface area contributed by atoms with Crippen molar-refractivity contribution in [1.29, 1.82) is 0 Å². The zero-order chi connectivity index (χ0) is 42.2. The molecule has 3 heterocycles. The Morgan fingerprint density at radius 1 is 0.219 bits per heavy atom. The summed E-state index contributed by atoms with van der Waals surface area (Å²) >= 11 is 0. The van der Waals surface area contributed by atoms with Crippen LogP contribution in [0.15, 0.2) is 255 Å². The summed E-state index contributed by atoms with van der Waals surface area (Å²) in [5.41, 5.74) is 7.17. The molecular weight excluding hydrogens is 805 g/mol. The Kier molecular flexibility index (Phi) is 8.29. The van der Waals surface area contributed by atoms with Crippen molar-refractivity contribution in [3.05, 3.63) is 255 Å². The van der Waals surface area contributed by atoms with E-state index >= 15 is 0 Å². The van der Waals surface area contributed by atoms with Gasteiger partial charge in [-0.15, -0.1) is 0 Å². The molecule has 0 fully saturated rings. The van der Waals surface area contributed by atoms with Gasteiger partial charge in [0.15, 0.2) is 16.1 Å². The third-order valence-electron chi connectivity index (χ3n) is 14.1. The van der Waals surface area contributed by atoms with Crippen LogP contribution in [-0.2, 0) is 0 Å². The Morgan fingerprint density at radius 3 is 1.00 bits per heavy atom. The van der Waals surface area contributed by atoms with Gasteiger partial charge in [0, 0.05) is 32.9 Å². The topological polar surface area (TPSA) is 9.86 Å². The summed E-state index contributed by atoms with van der Waals surface area (Å²) in [5.74, 6) is 0. The lowest BCUT2D eigenvalue weighted by molar-refractivity contribution is 1.17. The third-order valence-corrected chi connectivity index (χ3v) is 24.4. The zero-order valence-corrected chi connectivity index (χ0v) is 37.1. The van der Waals surface area contributed by atoms with Crippen LogP contribution in [0.25, 0.3) is 55.0 Å². The standard InChI is InChI=1S/C60H42N2Si2/c1-4-22-45(23-5-1)63(46-24-6-2-7-25-46)57-35-16-18-37-59(57)64(47-26-8-3-9-27-47,60-38-19-17-36-58(60)63)48-28-20-21-43(41-48)61-55-34-15-12-31-51(55)52-42-44(39-40-56(52)61)62-53-32-13-10-29-49(53)50-30-11-14-33-54(50)62/h1-42H. The highest BCUT2D eigenvalue weighted by atomic mass is 28.3. The molecule has 2 aromatic heterocycles. The van der Waals surface area contributed by atoms with Crippen molar-refractivity contribution >= 4 is 101 Å². The molecule has 4 heteroatoms. The molecule has 0 radical (unpaired) electrons. The van der Waals surface area contributed by atoms with Crippen molar-refractivity contribution in [3.8, 4) is 11.4 Å². The van der Waals surface area contributed by atoms with E-state index < -0.39 is 16.1 Å². The van der Waals surface area contributed by atoms with Gasteiger partial charge in [0.05, 0.1) is 22.1 Å². The lowest BCUT2D eigenvalue weighted by Crippen LogP contribution is -2.93. The lowest BCUT2D eigenvalue weighted by atomic mass is 10.1. The molecule has 0 saturated carbocycles. The van der Waals surface area contributed by atoms with Crippen LogP contribution >= 0.6 is 0 Å². The molecule has 0 spiro atoms. The quantitative estimate of drug-likeness (QED) is 0.148. The Morgan fingerprint density at radius 2 is 0.547 bits per heavy atom. The number of rotatable bonds is 6. The van der Waals surface area contributed by atoms with E-state index in [-0.39, 0.29) is 0 Å². The molecule has 1 aliphatic rings. The van der Waals surface area contributed by atoms with Gasteiger partial charge in [0.1, 0.15) is 0 Å². The number of fused-ring (bicyclic) bond motifs is 8. The monoisotopic (exact) mass is 846 g/mol. The van der Waals surface area contributed by atoms with Gasteiger partial charge in [0.25, 0.3) is 0 Å². The smallest absolute Gasteiger partial charge is 0.179 e. The van der Waals surface area contributed by atoms with Gasteiger partial charge in [-0.3, -0.25) is 0 Å². The summed E-state index contributed by atoms with van der Waals surface area (Å²) in [6, 6.07) is 96.5. The highest BCUT2D eigenvalue weighted by Crippen LogP contribution is 2.37. The number of benzene rings is 10. The van der Waals surface area contributed by atoms with Crippen molar-refractivity contribution in [1.82, 2.24) is 9.13 Å². The molecule has 0 aliphatic carbocycles. The van der Waals surface area contributed by atoms with Gasteiger partial charge in [-0.25, -0.2) is 0 Å². The summed E-state index contributed by atoms with van der Waals surface area (Å²) in [5, 5.41) is 16.6. The summed E-state index contributed by atoms with van der Waals surface area (Å²) in [6.07, 6.45) is 0. The number of hydrogen-bond acceptors (Lipinski definition) is 0. The van der Waals surface area contributed by atoms with Crippen LogP contribution in [0.4, 0.5) is 0 Å². The van der Waals surface area contributed by atoms with Gasteiger partial charge < -0.3 is 9.13 Å². The van der Waals surface area contributed by atoms with Gasteiger partial charge in [0.2, 0.25) is 0 Å². The minimum absolute atomic E-state index is 1.16. The van der Waals surface area contributed by atoms with Gasteiger partial charge in [-0.2, -0.15) is 0 Å². The van der Waals surface area contributed by atoms with Gasteiger partial charge in [-0.05, 0) is 90.0 Å². The maximum Gasteiger partial charge on any atom is 0.179 e. The molecule has 13 rings (SSSR count). The predicted octanol–water partition coefficient (Wildman–Crippen LogP) is 8.95. The van der Waals surface area contributed by atoms with Crippen molar-refractivity contribution < 1.29 is 0 Å². The maximum absolute atomic E-state index is 2.99. The first-order chi connectivity index (χ1) is 31.8. The highest BCUT2D eigenvalue weighted by Gasteiger charge is 2.56. The average molecular weight is 847 g/mol. The van der Waals surface area contributed by atoms with Crippen molar-refractivity contribution in [2.45, 2.75) is 0 Å².